The molecule has 84 valence electrons. The largest absolute Gasteiger partial charge is 0.307 e. The normalized spacial score (nSPS) is 20.6. The van der Waals surface area contributed by atoms with Gasteiger partial charge in [0.05, 0.1) is 6.04 Å². The van der Waals surface area contributed by atoms with Crippen molar-refractivity contribution in [1.82, 2.24) is 20.1 Å². The number of rotatable bonds is 4. The lowest BCUT2D eigenvalue weighted by atomic mass is 10.1. The molecule has 2 rings (SSSR count). The molecule has 0 saturated heterocycles. The smallest absolute Gasteiger partial charge is 0.143 e. The zero-order valence-electron chi connectivity index (χ0n) is 9.61. The van der Waals surface area contributed by atoms with E-state index >= 15 is 0 Å². The van der Waals surface area contributed by atoms with Crippen LogP contribution in [-0.2, 0) is 6.54 Å². The van der Waals surface area contributed by atoms with Crippen molar-refractivity contribution in [3.63, 3.8) is 0 Å². The lowest BCUT2D eigenvalue weighted by Crippen LogP contribution is -2.29. The van der Waals surface area contributed by atoms with Crippen molar-refractivity contribution in [3.8, 4) is 0 Å². The van der Waals surface area contributed by atoms with Crippen LogP contribution in [0.3, 0.4) is 0 Å². The summed E-state index contributed by atoms with van der Waals surface area (Å²) in [5.74, 6) is 1.88. The molecule has 0 saturated carbocycles. The highest BCUT2D eigenvalue weighted by Gasteiger charge is 2.21. The van der Waals surface area contributed by atoms with Crippen LogP contribution >= 0.6 is 0 Å². The van der Waals surface area contributed by atoms with Crippen LogP contribution < -0.4 is 5.32 Å². The summed E-state index contributed by atoms with van der Waals surface area (Å²) >= 11 is 0. The van der Waals surface area contributed by atoms with E-state index in [9.17, 15) is 0 Å². The third kappa shape index (κ3) is 2.56. The zero-order chi connectivity index (χ0) is 10.7. The molecular formula is C11H20N4. The van der Waals surface area contributed by atoms with Crippen LogP contribution in [-0.4, -0.2) is 21.3 Å². The number of hydrogen-bond acceptors (Lipinski definition) is 3. The first-order valence-corrected chi connectivity index (χ1v) is 5.88. The molecule has 0 bridgehead atoms. The molecule has 0 aliphatic carbocycles. The summed E-state index contributed by atoms with van der Waals surface area (Å²) in [4.78, 5) is 4.33. The fraction of sp³-hybridized carbons (Fsp3) is 0.818. The number of nitrogens with zero attached hydrogens (tertiary/aromatic N) is 3. The molecule has 4 heteroatoms. The first-order chi connectivity index (χ1) is 7.27. The van der Waals surface area contributed by atoms with E-state index in [0.29, 0.717) is 6.04 Å². The molecule has 0 unspecified atom stereocenters. The van der Waals surface area contributed by atoms with Gasteiger partial charge < -0.3 is 5.32 Å². The minimum atomic E-state index is 0.417. The van der Waals surface area contributed by atoms with E-state index in [0.717, 1.165) is 24.8 Å². The molecular weight excluding hydrogens is 188 g/mol. The summed E-state index contributed by atoms with van der Waals surface area (Å²) in [6.07, 6.45) is 5.29. The molecule has 0 fully saturated rings. The molecule has 1 aromatic heterocycles. The lowest BCUT2D eigenvalue weighted by Gasteiger charge is -2.23. The van der Waals surface area contributed by atoms with Crippen LogP contribution in [0.1, 0.15) is 45.0 Å². The molecule has 0 aromatic carbocycles. The summed E-state index contributed by atoms with van der Waals surface area (Å²) in [7, 11) is 0. The van der Waals surface area contributed by atoms with Crippen LogP contribution in [0, 0.1) is 5.92 Å². The second-order valence-electron chi connectivity index (χ2n) is 4.67. The fourth-order valence-corrected chi connectivity index (χ4v) is 2.03. The van der Waals surface area contributed by atoms with Crippen LogP contribution in [0.5, 0.6) is 0 Å². The third-order valence-corrected chi connectivity index (χ3v) is 2.93. The topological polar surface area (TPSA) is 42.7 Å². The van der Waals surface area contributed by atoms with E-state index < -0.39 is 0 Å². The fourth-order valence-electron chi connectivity index (χ4n) is 2.03. The van der Waals surface area contributed by atoms with E-state index in [1.165, 1.54) is 19.3 Å². The lowest BCUT2D eigenvalue weighted by molar-refractivity contribution is 0.359. The standard InChI is InChI=1S/C11H20N4/c1-9(2)5-6-12-10-4-3-7-15-11(10)13-8-14-15/h8-10,12H,3-7H2,1-2H3/t10-/m0/s1. The number of aryl methyl sites for hydroxylation is 1. The van der Waals surface area contributed by atoms with Gasteiger partial charge >= 0.3 is 0 Å². The van der Waals surface area contributed by atoms with E-state index in [1.54, 1.807) is 6.33 Å². The van der Waals surface area contributed by atoms with Gasteiger partial charge in [0.15, 0.2) is 0 Å². The van der Waals surface area contributed by atoms with Crippen molar-refractivity contribution < 1.29 is 0 Å². The second-order valence-corrected chi connectivity index (χ2v) is 4.67. The van der Waals surface area contributed by atoms with Gasteiger partial charge in [0.25, 0.3) is 0 Å². The van der Waals surface area contributed by atoms with E-state index in [1.807, 2.05) is 4.68 Å². The molecule has 0 amide bonds. The van der Waals surface area contributed by atoms with Crippen molar-refractivity contribution >= 4 is 0 Å². The van der Waals surface area contributed by atoms with Gasteiger partial charge in [-0.05, 0) is 31.7 Å². The predicted molar refractivity (Wildman–Crippen MR) is 59.5 cm³/mol. The van der Waals surface area contributed by atoms with Gasteiger partial charge in [0.2, 0.25) is 0 Å². The Balaban J connectivity index is 1.89. The molecule has 4 nitrogen and oxygen atoms in total. The molecule has 1 aliphatic heterocycles. The maximum atomic E-state index is 4.33. The van der Waals surface area contributed by atoms with Crippen LogP contribution in [0.25, 0.3) is 0 Å². The van der Waals surface area contributed by atoms with Crippen molar-refractivity contribution in [2.75, 3.05) is 6.54 Å². The number of nitrogens with one attached hydrogen (secondary N) is 1. The first-order valence-electron chi connectivity index (χ1n) is 5.88. The summed E-state index contributed by atoms with van der Waals surface area (Å²) in [5.41, 5.74) is 0. The molecule has 1 aliphatic rings. The van der Waals surface area contributed by atoms with E-state index in [-0.39, 0.29) is 0 Å². The quantitative estimate of drug-likeness (QED) is 0.819. The second kappa shape index (κ2) is 4.75. The molecule has 0 spiro atoms. The van der Waals surface area contributed by atoms with Crippen molar-refractivity contribution in [3.05, 3.63) is 12.2 Å². The van der Waals surface area contributed by atoms with Crippen LogP contribution in [0.15, 0.2) is 6.33 Å². The van der Waals surface area contributed by atoms with Crippen molar-refractivity contribution in [1.29, 1.82) is 0 Å². The first kappa shape index (κ1) is 10.6. The van der Waals surface area contributed by atoms with Gasteiger partial charge in [-0.2, -0.15) is 5.10 Å². The molecule has 1 N–H and O–H groups in total. The molecule has 1 atom stereocenters. The summed E-state index contributed by atoms with van der Waals surface area (Å²) in [6, 6.07) is 0.417. The summed E-state index contributed by atoms with van der Waals surface area (Å²) in [5, 5.41) is 7.79. The Hall–Kier alpha value is -0.900. The van der Waals surface area contributed by atoms with Gasteiger partial charge in [0, 0.05) is 6.54 Å². The monoisotopic (exact) mass is 208 g/mol. The minimum Gasteiger partial charge on any atom is -0.307 e. The summed E-state index contributed by atoms with van der Waals surface area (Å²) in [6.45, 7) is 6.61. The minimum absolute atomic E-state index is 0.417. The average molecular weight is 208 g/mol. The number of fused-ring (bicyclic) bond motifs is 1. The van der Waals surface area contributed by atoms with Crippen LogP contribution in [0.4, 0.5) is 0 Å². The van der Waals surface area contributed by atoms with Gasteiger partial charge in [-0.1, -0.05) is 13.8 Å². The Kier molecular flexibility index (Phi) is 3.36. The highest BCUT2D eigenvalue weighted by Crippen LogP contribution is 2.21. The average Bonchev–Trinajstić information content (AvgIpc) is 2.65. The predicted octanol–water partition coefficient (Wildman–Crippen LogP) is 1.75. The molecule has 15 heavy (non-hydrogen) atoms. The molecule has 1 aromatic rings. The molecule has 2 heterocycles. The van der Waals surface area contributed by atoms with Gasteiger partial charge in [-0.3, -0.25) is 0 Å². The maximum absolute atomic E-state index is 4.33. The zero-order valence-corrected chi connectivity index (χ0v) is 9.61. The number of aromatic nitrogens is 3. The van der Waals surface area contributed by atoms with Gasteiger partial charge in [-0.25, -0.2) is 9.67 Å². The van der Waals surface area contributed by atoms with E-state index in [2.05, 4.69) is 29.2 Å². The Bertz CT molecular complexity index is 305. The Morgan fingerprint density at radius 2 is 2.47 bits per heavy atom. The highest BCUT2D eigenvalue weighted by molar-refractivity contribution is 4.97. The SMILES string of the molecule is CC(C)CCN[C@H]1CCCn2ncnc21. The number of hydrogen-bond donors (Lipinski definition) is 1. The van der Waals surface area contributed by atoms with Gasteiger partial charge in [0.1, 0.15) is 12.2 Å². The van der Waals surface area contributed by atoms with Gasteiger partial charge in [-0.15, -0.1) is 0 Å². The summed E-state index contributed by atoms with van der Waals surface area (Å²) < 4.78 is 2.02. The van der Waals surface area contributed by atoms with Crippen molar-refractivity contribution in [2.45, 2.75) is 45.7 Å². The Morgan fingerprint density at radius 1 is 1.60 bits per heavy atom. The Labute approximate surface area is 91.1 Å². The highest BCUT2D eigenvalue weighted by atomic mass is 15.3. The molecule has 0 radical (unpaired) electrons. The third-order valence-electron chi connectivity index (χ3n) is 2.93. The Morgan fingerprint density at radius 3 is 3.27 bits per heavy atom. The van der Waals surface area contributed by atoms with E-state index in [4.69, 9.17) is 0 Å². The van der Waals surface area contributed by atoms with Crippen LogP contribution in [0.2, 0.25) is 0 Å². The van der Waals surface area contributed by atoms with Crippen molar-refractivity contribution in [2.24, 2.45) is 5.92 Å². The maximum Gasteiger partial charge on any atom is 0.143 e.